The van der Waals surface area contributed by atoms with Crippen LogP contribution in [0.1, 0.15) is 22.7 Å². The fourth-order valence-corrected chi connectivity index (χ4v) is 2.01. The molecule has 0 fully saturated rings. The minimum Gasteiger partial charge on any atom is -0.271 e. The van der Waals surface area contributed by atoms with Crippen molar-refractivity contribution >= 4 is 11.8 Å². The number of nitrogens with two attached hydrogens (primary N) is 1. The van der Waals surface area contributed by atoms with Gasteiger partial charge in [0.2, 0.25) is 0 Å². The predicted molar refractivity (Wildman–Crippen MR) is 64.4 cm³/mol. The average Bonchev–Trinajstić information content (AvgIpc) is 2.19. The third kappa shape index (κ3) is 2.74. The lowest BCUT2D eigenvalue weighted by Gasteiger charge is -2.16. The minimum absolute atomic E-state index is 0.254. The summed E-state index contributed by atoms with van der Waals surface area (Å²) in [5.74, 6) is 6.51. The van der Waals surface area contributed by atoms with Crippen LogP contribution in [-0.4, -0.2) is 12.0 Å². The standard InChI is InChI=1S/C11H18N2S/c1-8-4-5-10(6-9(8)2)11(13-12)7-14-3/h4-6,11,13H,7,12H2,1-3H3. The van der Waals surface area contributed by atoms with E-state index in [0.29, 0.717) is 0 Å². The van der Waals surface area contributed by atoms with Crippen molar-refractivity contribution in [2.24, 2.45) is 5.84 Å². The summed E-state index contributed by atoms with van der Waals surface area (Å²) >= 11 is 1.80. The molecule has 2 nitrogen and oxygen atoms in total. The third-order valence-electron chi connectivity index (χ3n) is 2.47. The molecule has 3 N–H and O–H groups in total. The Morgan fingerprint density at radius 3 is 2.57 bits per heavy atom. The minimum atomic E-state index is 0.254. The second-order valence-electron chi connectivity index (χ2n) is 3.52. The molecule has 0 heterocycles. The summed E-state index contributed by atoms with van der Waals surface area (Å²) in [5, 5.41) is 0. The average molecular weight is 210 g/mol. The number of hydrogen-bond acceptors (Lipinski definition) is 3. The highest BCUT2D eigenvalue weighted by molar-refractivity contribution is 7.98. The van der Waals surface area contributed by atoms with Gasteiger partial charge in [0.1, 0.15) is 0 Å². The van der Waals surface area contributed by atoms with E-state index in [1.807, 2.05) is 0 Å². The van der Waals surface area contributed by atoms with E-state index in [4.69, 9.17) is 5.84 Å². The normalized spacial score (nSPS) is 12.9. The van der Waals surface area contributed by atoms with Crippen LogP contribution >= 0.6 is 11.8 Å². The maximum Gasteiger partial charge on any atom is 0.0550 e. The first-order chi connectivity index (χ1) is 6.69. The van der Waals surface area contributed by atoms with Crippen molar-refractivity contribution in [1.29, 1.82) is 0 Å². The van der Waals surface area contributed by atoms with E-state index < -0.39 is 0 Å². The number of hydrazine groups is 1. The first-order valence-electron chi connectivity index (χ1n) is 4.71. The highest BCUT2D eigenvalue weighted by Gasteiger charge is 2.08. The van der Waals surface area contributed by atoms with E-state index in [2.05, 4.69) is 43.7 Å². The smallest absolute Gasteiger partial charge is 0.0550 e. The van der Waals surface area contributed by atoms with Crippen molar-refractivity contribution in [1.82, 2.24) is 5.43 Å². The van der Waals surface area contributed by atoms with Crippen LogP contribution in [0.3, 0.4) is 0 Å². The summed E-state index contributed by atoms with van der Waals surface area (Å²) in [7, 11) is 0. The molecular weight excluding hydrogens is 192 g/mol. The molecule has 1 atom stereocenters. The molecule has 3 heteroatoms. The van der Waals surface area contributed by atoms with Gasteiger partial charge in [0.25, 0.3) is 0 Å². The fourth-order valence-electron chi connectivity index (χ4n) is 1.39. The van der Waals surface area contributed by atoms with Crippen molar-refractivity contribution in [3.63, 3.8) is 0 Å². The molecule has 1 aromatic rings. The Morgan fingerprint density at radius 2 is 2.07 bits per heavy atom. The summed E-state index contributed by atoms with van der Waals surface area (Å²) in [5.41, 5.74) is 6.76. The monoisotopic (exact) mass is 210 g/mol. The van der Waals surface area contributed by atoms with E-state index in [-0.39, 0.29) is 6.04 Å². The molecule has 1 aromatic carbocycles. The molecule has 0 radical (unpaired) electrons. The predicted octanol–water partition coefficient (Wildman–Crippen LogP) is 2.17. The second kappa shape index (κ2) is 5.39. The number of rotatable bonds is 4. The molecule has 78 valence electrons. The van der Waals surface area contributed by atoms with Crippen LogP contribution in [0.25, 0.3) is 0 Å². The molecule has 0 saturated carbocycles. The Hall–Kier alpha value is -0.510. The van der Waals surface area contributed by atoms with Gasteiger partial charge < -0.3 is 0 Å². The quantitative estimate of drug-likeness (QED) is 0.591. The maximum absolute atomic E-state index is 5.52. The molecule has 0 bridgehead atoms. The summed E-state index contributed by atoms with van der Waals surface area (Å²) in [4.78, 5) is 0. The Labute approximate surface area is 90.2 Å². The van der Waals surface area contributed by atoms with E-state index in [1.165, 1.54) is 16.7 Å². The number of aryl methyl sites for hydroxylation is 2. The molecule has 0 aromatic heterocycles. The molecular formula is C11H18N2S. The van der Waals surface area contributed by atoms with Crippen LogP contribution < -0.4 is 11.3 Å². The number of thioether (sulfide) groups is 1. The van der Waals surface area contributed by atoms with Gasteiger partial charge in [-0.15, -0.1) is 0 Å². The van der Waals surface area contributed by atoms with Gasteiger partial charge in [-0.1, -0.05) is 18.2 Å². The van der Waals surface area contributed by atoms with Crippen molar-refractivity contribution < 1.29 is 0 Å². The van der Waals surface area contributed by atoms with Crippen LogP contribution in [0.15, 0.2) is 18.2 Å². The second-order valence-corrected chi connectivity index (χ2v) is 4.43. The van der Waals surface area contributed by atoms with Crippen molar-refractivity contribution in [2.45, 2.75) is 19.9 Å². The molecule has 0 spiro atoms. The molecule has 14 heavy (non-hydrogen) atoms. The van der Waals surface area contributed by atoms with E-state index in [1.54, 1.807) is 11.8 Å². The largest absolute Gasteiger partial charge is 0.271 e. The summed E-state index contributed by atoms with van der Waals surface area (Å²) in [6.07, 6.45) is 2.09. The highest BCUT2D eigenvalue weighted by atomic mass is 32.2. The highest BCUT2D eigenvalue weighted by Crippen LogP contribution is 2.19. The lowest BCUT2D eigenvalue weighted by Crippen LogP contribution is -2.29. The SMILES string of the molecule is CSCC(NN)c1ccc(C)c(C)c1. The molecule has 1 unspecified atom stereocenters. The van der Waals surface area contributed by atoms with Gasteiger partial charge in [-0.25, -0.2) is 0 Å². The Balaban J connectivity index is 2.88. The summed E-state index contributed by atoms with van der Waals surface area (Å²) < 4.78 is 0. The number of benzene rings is 1. The van der Waals surface area contributed by atoms with E-state index >= 15 is 0 Å². The van der Waals surface area contributed by atoms with Crippen LogP contribution in [0.2, 0.25) is 0 Å². The fraction of sp³-hybridized carbons (Fsp3) is 0.455. The summed E-state index contributed by atoms with van der Waals surface area (Å²) in [6.45, 7) is 4.25. The summed E-state index contributed by atoms with van der Waals surface area (Å²) in [6, 6.07) is 6.75. The van der Waals surface area contributed by atoms with Crippen molar-refractivity contribution in [2.75, 3.05) is 12.0 Å². The van der Waals surface area contributed by atoms with Crippen LogP contribution in [-0.2, 0) is 0 Å². The zero-order valence-corrected chi connectivity index (χ0v) is 9.82. The Morgan fingerprint density at radius 1 is 1.36 bits per heavy atom. The van der Waals surface area contributed by atoms with Gasteiger partial charge >= 0.3 is 0 Å². The molecule has 1 rings (SSSR count). The van der Waals surface area contributed by atoms with Crippen LogP contribution in [0, 0.1) is 13.8 Å². The molecule has 0 aliphatic heterocycles. The van der Waals surface area contributed by atoms with Gasteiger partial charge in [-0.3, -0.25) is 11.3 Å². The lowest BCUT2D eigenvalue weighted by molar-refractivity contribution is 0.610. The lowest BCUT2D eigenvalue weighted by atomic mass is 10.0. The molecule has 0 aliphatic rings. The zero-order valence-electron chi connectivity index (χ0n) is 9.00. The van der Waals surface area contributed by atoms with Crippen LogP contribution in [0.5, 0.6) is 0 Å². The maximum atomic E-state index is 5.52. The first kappa shape index (κ1) is 11.6. The van der Waals surface area contributed by atoms with Gasteiger partial charge in [0.05, 0.1) is 6.04 Å². The molecule has 0 aliphatic carbocycles. The van der Waals surface area contributed by atoms with E-state index in [0.717, 1.165) is 5.75 Å². The van der Waals surface area contributed by atoms with Gasteiger partial charge in [0, 0.05) is 5.75 Å². The van der Waals surface area contributed by atoms with Gasteiger partial charge in [-0.05, 0) is 36.8 Å². The zero-order chi connectivity index (χ0) is 10.6. The Kier molecular flexibility index (Phi) is 4.45. The first-order valence-corrected chi connectivity index (χ1v) is 6.10. The van der Waals surface area contributed by atoms with Gasteiger partial charge in [-0.2, -0.15) is 11.8 Å². The van der Waals surface area contributed by atoms with Crippen molar-refractivity contribution in [3.05, 3.63) is 34.9 Å². The number of hydrogen-bond donors (Lipinski definition) is 2. The number of nitrogens with one attached hydrogen (secondary N) is 1. The van der Waals surface area contributed by atoms with E-state index in [9.17, 15) is 0 Å². The third-order valence-corrected chi connectivity index (χ3v) is 3.13. The van der Waals surface area contributed by atoms with Crippen molar-refractivity contribution in [3.8, 4) is 0 Å². The van der Waals surface area contributed by atoms with Gasteiger partial charge in [0.15, 0.2) is 0 Å². The Bertz CT molecular complexity index is 299. The van der Waals surface area contributed by atoms with Crippen LogP contribution in [0.4, 0.5) is 0 Å². The molecule has 0 amide bonds. The molecule has 0 saturated heterocycles. The topological polar surface area (TPSA) is 38.0 Å².